The van der Waals surface area contributed by atoms with Crippen LogP contribution in [0, 0.1) is 0 Å². The van der Waals surface area contributed by atoms with Gasteiger partial charge in [-0.1, -0.05) is 43.2 Å². The standard InChI is InChI=1S/C23H33N3O3/c27-21-10-14-25(22(28)17-24-12-6-1-2-7-13-24)18-23(11-15-29-19-23)26(21)16-20-8-4-3-5-9-20/h3-5,8-9H,1-2,6-7,10-19H2. The van der Waals surface area contributed by atoms with Crippen molar-refractivity contribution >= 4 is 11.8 Å². The smallest absolute Gasteiger partial charge is 0.236 e. The van der Waals surface area contributed by atoms with Crippen LogP contribution in [0.2, 0.25) is 0 Å². The number of carbonyl (C=O) groups excluding carboxylic acids is 2. The summed E-state index contributed by atoms with van der Waals surface area (Å²) in [5.74, 6) is 0.289. The van der Waals surface area contributed by atoms with Gasteiger partial charge in [-0.05, 0) is 37.9 Å². The second-order valence-electron chi connectivity index (χ2n) is 8.75. The highest BCUT2D eigenvalue weighted by atomic mass is 16.5. The Balaban J connectivity index is 1.49. The highest BCUT2D eigenvalue weighted by molar-refractivity contribution is 5.82. The maximum Gasteiger partial charge on any atom is 0.236 e. The third-order valence-corrected chi connectivity index (χ3v) is 6.63. The minimum absolute atomic E-state index is 0.129. The van der Waals surface area contributed by atoms with Crippen molar-refractivity contribution < 1.29 is 14.3 Å². The first-order valence-corrected chi connectivity index (χ1v) is 11.1. The van der Waals surface area contributed by atoms with E-state index in [1.54, 1.807) is 0 Å². The van der Waals surface area contributed by atoms with Gasteiger partial charge >= 0.3 is 0 Å². The van der Waals surface area contributed by atoms with Crippen molar-refractivity contribution in [3.05, 3.63) is 35.9 Å². The summed E-state index contributed by atoms with van der Waals surface area (Å²) in [5, 5.41) is 0. The molecular formula is C23H33N3O3. The molecule has 0 aliphatic carbocycles. The average molecular weight is 400 g/mol. The van der Waals surface area contributed by atoms with E-state index in [1.165, 1.54) is 25.7 Å². The highest BCUT2D eigenvalue weighted by Gasteiger charge is 2.47. The molecular weight excluding hydrogens is 366 g/mol. The molecule has 1 unspecified atom stereocenters. The summed E-state index contributed by atoms with van der Waals surface area (Å²) in [6.45, 7) is 5.32. The lowest BCUT2D eigenvalue weighted by atomic mass is 9.94. The molecule has 158 valence electrons. The first-order chi connectivity index (χ1) is 14.2. The molecule has 0 radical (unpaired) electrons. The summed E-state index contributed by atoms with van der Waals surface area (Å²) in [7, 11) is 0. The van der Waals surface area contributed by atoms with Crippen LogP contribution in [0.5, 0.6) is 0 Å². The van der Waals surface area contributed by atoms with Crippen molar-refractivity contribution in [3.8, 4) is 0 Å². The van der Waals surface area contributed by atoms with Crippen LogP contribution >= 0.6 is 0 Å². The van der Waals surface area contributed by atoms with Crippen molar-refractivity contribution in [1.29, 1.82) is 0 Å². The van der Waals surface area contributed by atoms with Gasteiger partial charge in [-0.15, -0.1) is 0 Å². The lowest BCUT2D eigenvalue weighted by molar-refractivity contribution is -0.138. The van der Waals surface area contributed by atoms with E-state index in [9.17, 15) is 9.59 Å². The molecule has 6 heteroatoms. The summed E-state index contributed by atoms with van der Waals surface area (Å²) < 4.78 is 5.76. The van der Waals surface area contributed by atoms with Crippen LogP contribution in [-0.4, -0.2) is 78.0 Å². The van der Waals surface area contributed by atoms with Crippen molar-refractivity contribution in [2.45, 2.75) is 50.6 Å². The van der Waals surface area contributed by atoms with Crippen LogP contribution in [-0.2, 0) is 20.9 Å². The molecule has 0 aromatic heterocycles. The monoisotopic (exact) mass is 399 g/mol. The third kappa shape index (κ3) is 4.81. The first-order valence-electron chi connectivity index (χ1n) is 11.1. The summed E-state index contributed by atoms with van der Waals surface area (Å²) in [6.07, 6.45) is 6.05. The maximum absolute atomic E-state index is 13.2. The molecule has 0 bridgehead atoms. The summed E-state index contributed by atoms with van der Waals surface area (Å²) in [6, 6.07) is 10.1. The zero-order valence-electron chi connectivity index (χ0n) is 17.4. The molecule has 1 spiro atoms. The molecule has 3 heterocycles. The van der Waals surface area contributed by atoms with Crippen LogP contribution in [0.3, 0.4) is 0 Å². The number of rotatable bonds is 4. The largest absolute Gasteiger partial charge is 0.379 e. The van der Waals surface area contributed by atoms with Crippen molar-refractivity contribution in [3.63, 3.8) is 0 Å². The Labute approximate surface area is 173 Å². The number of hydrogen-bond donors (Lipinski definition) is 0. The fourth-order valence-electron chi connectivity index (χ4n) is 4.90. The molecule has 3 saturated heterocycles. The maximum atomic E-state index is 13.2. The van der Waals surface area contributed by atoms with E-state index in [2.05, 4.69) is 17.0 Å². The molecule has 2 amide bonds. The average Bonchev–Trinajstić information content (AvgIpc) is 2.99. The van der Waals surface area contributed by atoms with Gasteiger partial charge in [0.2, 0.25) is 11.8 Å². The van der Waals surface area contributed by atoms with Crippen molar-refractivity contribution in [2.24, 2.45) is 0 Å². The van der Waals surface area contributed by atoms with Gasteiger partial charge < -0.3 is 14.5 Å². The van der Waals surface area contributed by atoms with E-state index >= 15 is 0 Å². The lowest BCUT2D eigenvalue weighted by Gasteiger charge is -2.41. The van der Waals surface area contributed by atoms with Gasteiger partial charge in [0.1, 0.15) is 0 Å². The van der Waals surface area contributed by atoms with Gasteiger partial charge in [-0.2, -0.15) is 0 Å². The quantitative estimate of drug-likeness (QED) is 0.780. The predicted molar refractivity (Wildman–Crippen MR) is 111 cm³/mol. The van der Waals surface area contributed by atoms with Crippen LogP contribution in [0.1, 0.15) is 44.1 Å². The molecule has 29 heavy (non-hydrogen) atoms. The predicted octanol–water partition coefficient (Wildman–Crippen LogP) is 2.28. The molecule has 0 saturated carbocycles. The van der Waals surface area contributed by atoms with E-state index < -0.39 is 5.54 Å². The molecule has 0 N–H and O–H groups in total. The molecule has 3 aliphatic heterocycles. The number of likely N-dealkylation sites (tertiary alicyclic amines) is 1. The van der Waals surface area contributed by atoms with E-state index in [4.69, 9.17) is 4.74 Å². The molecule has 1 aromatic rings. The Morgan fingerprint density at radius 2 is 1.79 bits per heavy atom. The zero-order chi connectivity index (χ0) is 20.1. The number of ether oxygens (including phenoxy) is 1. The summed E-state index contributed by atoms with van der Waals surface area (Å²) in [4.78, 5) is 32.5. The first kappa shape index (κ1) is 20.4. The van der Waals surface area contributed by atoms with Crippen molar-refractivity contribution in [1.82, 2.24) is 14.7 Å². The van der Waals surface area contributed by atoms with E-state index in [0.717, 1.165) is 25.1 Å². The fraction of sp³-hybridized carbons (Fsp3) is 0.652. The van der Waals surface area contributed by atoms with Crippen LogP contribution in [0.15, 0.2) is 30.3 Å². The molecule has 3 aliphatic rings. The third-order valence-electron chi connectivity index (χ3n) is 6.63. The fourth-order valence-corrected chi connectivity index (χ4v) is 4.90. The van der Waals surface area contributed by atoms with Gasteiger partial charge in [-0.3, -0.25) is 14.5 Å². The Hall–Kier alpha value is -1.92. The van der Waals surface area contributed by atoms with Gasteiger partial charge in [-0.25, -0.2) is 0 Å². The Morgan fingerprint density at radius 1 is 1.03 bits per heavy atom. The molecule has 3 fully saturated rings. The lowest BCUT2D eigenvalue weighted by Crippen LogP contribution is -2.57. The number of benzene rings is 1. The minimum Gasteiger partial charge on any atom is -0.379 e. The second-order valence-corrected chi connectivity index (χ2v) is 8.75. The van der Waals surface area contributed by atoms with Crippen LogP contribution < -0.4 is 0 Å². The number of hydrogen-bond acceptors (Lipinski definition) is 4. The van der Waals surface area contributed by atoms with E-state index in [-0.39, 0.29) is 11.8 Å². The number of carbonyl (C=O) groups is 2. The molecule has 1 aromatic carbocycles. The topological polar surface area (TPSA) is 53.1 Å². The number of amides is 2. The van der Waals surface area contributed by atoms with E-state index in [1.807, 2.05) is 28.0 Å². The van der Waals surface area contributed by atoms with Crippen LogP contribution in [0.25, 0.3) is 0 Å². The Bertz CT molecular complexity index is 695. The number of nitrogens with zero attached hydrogens (tertiary/aromatic N) is 3. The van der Waals surface area contributed by atoms with Gasteiger partial charge in [0, 0.05) is 32.7 Å². The Kier molecular flexibility index (Phi) is 6.50. The molecule has 6 nitrogen and oxygen atoms in total. The second kappa shape index (κ2) is 9.26. The Morgan fingerprint density at radius 3 is 2.48 bits per heavy atom. The zero-order valence-corrected chi connectivity index (χ0v) is 17.4. The highest BCUT2D eigenvalue weighted by Crippen LogP contribution is 2.32. The summed E-state index contributed by atoms with van der Waals surface area (Å²) in [5.41, 5.74) is 0.717. The normalized spacial score (nSPS) is 26.6. The SMILES string of the molecule is O=C(CN1CCCCCC1)N1CCC(=O)N(Cc2ccccc2)C2(CCOC2)C1. The summed E-state index contributed by atoms with van der Waals surface area (Å²) >= 11 is 0. The molecule has 1 atom stereocenters. The van der Waals surface area contributed by atoms with Crippen molar-refractivity contribution in [2.75, 3.05) is 45.9 Å². The molecule has 4 rings (SSSR count). The van der Waals surface area contributed by atoms with E-state index in [0.29, 0.717) is 45.8 Å². The van der Waals surface area contributed by atoms with Gasteiger partial charge in [0.25, 0.3) is 0 Å². The van der Waals surface area contributed by atoms with Gasteiger partial charge in [0.15, 0.2) is 0 Å². The minimum atomic E-state index is -0.405. The van der Waals surface area contributed by atoms with Gasteiger partial charge in [0.05, 0.1) is 18.7 Å². The van der Waals surface area contributed by atoms with Crippen LogP contribution in [0.4, 0.5) is 0 Å².